The Morgan fingerprint density at radius 1 is 0.889 bits per heavy atom. The molecule has 4 atom stereocenters. The topological polar surface area (TPSA) is 25.8 Å². The van der Waals surface area contributed by atoms with E-state index in [4.69, 9.17) is 9.97 Å². The lowest BCUT2D eigenvalue weighted by Gasteiger charge is -2.62. The van der Waals surface area contributed by atoms with Crippen molar-refractivity contribution in [2.75, 3.05) is 6.16 Å². The number of pyridine rings is 2. The minimum Gasteiger partial charge on any atom is -0.256 e. The average molecular weight is 531 g/mol. The molecule has 4 aliphatic carbocycles. The number of nitrogens with zero attached hydrogens (tertiary/aromatic N) is 2. The van der Waals surface area contributed by atoms with Gasteiger partial charge in [-0.1, -0.05) is 55.2 Å². The standard InChI is InChI=1S/C31H40N2P2Si/c1-36(2,3)26-10-11-27(31-18-22-14-23(19-31)16-24(15-22)28(31)20-34)25(17-26)21-35(29-8-4-6-12-32-29)30-9-5-7-13-33-30/h4-13,17,22-24,28H,14-16,18-21,34H2,1-3H3. The van der Waals surface area contributed by atoms with E-state index in [9.17, 15) is 0 Å². The van der Waals surface area contributed by atoms with Gasteiger partial charge >= 0.3 is 0 Å². The van der Waals surface area contributed by atoms with Crippen molar-refractivity contribution in [3.63, 3.8) is 0 Å². The van der Waals surface area contributed by atoms with Gasteiger partial charge in [0.05, 0.1) is 18.9 Å². The van der Waals surface area contributed by atoms with Gasteiger partial charge in [0.1, 0.15) is 0 Å². The van der Waals surface area contributed by atoms with Crippen LogP contribution in [-0.2, 0) is 11.6 Å². The van der Waals surface area contributed by atoms with Crippen LogP contribution in [0.15, 0.2) is 67.0 Å². The molecular formula is C31H40N2P2Si. The molecule has 3 aromatic rings. The molecule has 4 bridgehead atoms. The van der Waals surface area contributed by atoms with Crippen LogP contribution >= 0.6 is 17.2 Å². The summed E-state index contributed by atoms with van der Waals surface area (Å²) in [6, 6.07) is 20.6. The molecule has 2 heterocycles. The zero-order valence-corrected chi connectivity index (χ0v) is 25.1. The van der Waals surface area contributed by atoms with E-state index >= 15 is 0 Å². The van der Waals surface area contributed by atoms with Gasteiger partial charge in [-0.05, 0) is 103 Å². The molecule has 0 amide bonds. The molecule has 7 rings (SSSR count). The van der Waals surface area contributed by atoms with E-state index in [1.807, 2.05) is 24.5 Å². The number of hydrogen-bond donors (Lipinski definition) is 0. The third-order valence-corrected chi connectivity index (χ3v) is 14.3. The highest BCUT2D eigenvalue weighted by atomic mass is 31.1. The lowest BCUT2D eigenvalue weighted by Crippen LogP contribution is -2.56. The van der Waals surface area contributed by atoms with Crippen molar-refractivity contribution in [2.24, 2.45) is 23.7 Å². The molecule has 1 aromatic carbocycles. The second-order valence-electron chi connectivity index (χ2n) is 12.7. The highest BCUT2D eigenvalue weighted by Crippen LogP contribution is 2.64. The molecule has 4 aliphatic rings. The Morgan fingerprint density at radius 2 is 1.53 bits per heavy atom. The van der Waals surface area contributed by atoms with Crippen LogP contribution in [0.4, 0.5) is 0 Å². The van der Waals surface area contributed by atoms with E-state index in [-0.39, 0.29) is 0 Å². The predicted octanol–water partition coefficient (Wildman–Crippen LogP) is 6.22. The number of benzene rings is 1. The first-order chi connectivity index (χ1) is 17.4. The van der Waals surface area contributed by atoms with Gasteiger partial charge in [0.25, 0.3) is 0 Å². The Balaban J connectivity index is 1.50. The van der Waals surface area contributed by atoms with Crippen molar-refractivity contribution >= 4 is 41.3 Å². The molecule has 4 saturated carbocycles. The highest BCUT2D eigenvalue weighted by Gasteiger charge is 2.57. The first kappa shape index (κ1) is 24.9. The molecule has 4 unspecified atom stereocenters. The Morgan fingerprint density at radius 3 is 2.06 bits per heavy atom. The maximum atomic E-state index is 4.87. The normalized spacial score (nSPS) is 29.1. The molecule has 2 aromatic heterocycles. The zero-order chi connectivity index (χ0) is 24.9. The number of rotatable bonds is 7. The molecule has 0 aliphatic heterocycles. The van der Waals surface area contributed by atoms with Gasteiger partial charge in [0.15, 0.2) is 0 Å². The fraction of sp³-hybridized carbons (Fsp3) is 0.484. The average Bonchev–Trinajstić information content (AvgIpc) is 2.87. The van der Waals surface area contributed by atoms with Crippen LogP contribution in [0.25, 0.3) is 0 Å². The van der Waals surface area contributed by atoms with Gasteiger partial charge in [0.2, 0.25) is 0 Å². The van der Waals surface area contributed by atoms with Gasteiger partial charge in [-0.2, -0.15) is 0 Å². The van der Waals surface area contributed by atoms with Gasteiger partial charge in [-0.15, -0.1) is 9.24 Å². The van der Waals surface area contributed by atoms with Crippen LogP contribution in [-0.4, -0.2) is 24.2 Å². The Labute approximate surface area is 222 Å². The molecule has 36 heavy (non-hydrogen) atoms. The van der Waals surface area contributed by atoms with Crippen molar-refractivity contribution in [2.45, 2.75) is 63.3 Å². The molecule has 0 spiro atoms. The predicted molar refractivity (Wildman–Crippen MR) is 161 cm³/mol. The first-order valence-electron chi connectivity index (χ1n) is 13.8. The minimum atomic E-state index is -1.44. The summed E-state index contributed by atoms with van der Waals surface area (Å²) in [5.41, 5.74) is 6.05. The maximum absolute atomic E-state index is 4.87. The Kier molecular flexibility index (Phi) is 6.73. The maximum Gasteiger partial charge on any atom is 0.0776 e. The van der Waals surface area contributed by atoms with Gasteiger partial charge < -0.3 is 0 Å². The van der Waals surface area contributed by atoms with Crippen molar-refractivity contribution < 1.29 is 0 Å². The fourth-order valence-electron chi connectivity index (χ4n) is 8.14. The second kappa shape index (κ2) is 9.72. The Hall–Kier alpha value is -1.40. The molecule has 0 radical (unpaired) electrons. The van der Waals surface area contributed by atoms with Crippen LogP contribution in [0.2, 0.25) is 19.6 Å². The summed E-state index contributed by atoms with van der Waals surface area (Å²) >= 11 is 0. The monoisotopic (exact) mass is 530 g/mol. The molecule has 0 saturated heterocycles. The molecule has 0 N–H and O–H groups in total. The van der Waals surface area contributed by atoms with E-state index in [1.165, 1.54) is 49.1 Å². The first-order valence-corrected chi connectivity index (χ1v) is 19.7. The third kappa shape index (κ3) is 4.44. The quantitative estimate of drug-likeness (QED) is 0.268. The number of aromatic nitrogens is 2. The zero-order valence-electron chi connectivity index (χ0n) is 22.0. The summed E-state index contributed by atoms with van der Waals surface area (Å²) in [6.45, 7) is 7.47. The van der Waals surface area contributed by atoms with E-state index < -0.39 is 16.0 Å². The fourth-order valence-corrected chi connectivity index (χ4v) is 12.3. The minimum absolute atomic E-state index is 0.360. The van der Waals surface area contributed by atoms with Gasteiger partial charge in [0, 0.05) is 26.5 Å². The van der Waals surface area contributed by atoms with Crippen molar-refractivity contribution in [3.05, 3.63) is 78.1 Å². The lowest BCUT2D eigenvalue weighted by atomic mass is 9.43. The summed E-state index contributed by atoms with van der Waals surface area (Å²) in [5, 5.41) is 1.59. The van der Waals surface area contributed by atoms with Gasteiger partial charge in [-0.3, -0.25) is 9.97 Å². The van der Waals surface area contributed by atoms with Gasteiger partial charge in [-0.25, -0.2) is 0 Å². The second-order valence-corrected chi connectivity index (χ2v) is 20.3. The van der Waals surface area contributed by atoms with Crippen molar-refractivity contribution in [1.82, 2.24) is 9.97 Å². The summed E-state index contributed by atoms with van der Waals surface area (Å²) in [6.07, 6.45) is 13.5. The van der Waals surface area contributed by atoms with E-state index in [0.29, 0.717) is 5.41 Å². The smallest absolute Gasteiger partial charge is 0.0776 e. The van der Waals surface area contributed by atoms with Crippen LogP contribution < -0.4 is 16.1 Å². The lowest BCUT2D eigenvalue weighted by molar-refractivity contribution is -0.0520. The van der Waals surface area contributed by atoms with Crippen LogP contribution in [0.5, 0.6) is 0 Å². The highest BCUT2D eigenvalue weighted by molar-refractivity contribution is 7.71. The summed E-state index contributed by atoms with van der Waals surface area (Å²) in [4.78, 5) is 9.74. The van der Waals surface area contributed by atoms with Crippen LogP contribution in [0.1, 0.15) is 43.2 Å². The summed E-state index contributed by atoms with van der Waals surface area (Å²) in [7, 11) is 1.06. The third-order valence-electron chi connectivity index (χ3n) is 9.47. The van der Waals surface area contributed by atoms with Crippen LogP contribution in [0.3, 0.4) is 0 Å². The molecule has 2 nitrogen and oxygen atoms in total. The van der Waals surface area contributed by atoms with E-state index in [2.05, 4.69) is 71.3 Å². The summed E-state index contributed by atoms with van der Waals surface area (Å²) < 4.78 is 0. The van der Waals surface area contributed by atoms with Crippen LogP contribution in [0, 0.1) is 23.7 Å². The van der Waals surface area contributed by atoms with E-state index in [1.54, 1.807) is 16.3 Å². The van der Waals surface area contributed by atoms with E-state index in [0.717, 1.165) is 29.8 Å². The molecular weight excluding hydrogens is 490 g/mol. The van der Waals surface area contributed by atoms with Crippen molar-refractivity contribution in [1.29, 1.82) is 0 Å². The molecule has 188 valence electrons. The van der Waals surface area contributed by atoms with Crippen molar-refractivity contribution in [3.8, 4) is 0 Å². The molecule has 5 heteroatoms. The Bertz CT molecular complexity index is 1160. The SMILES string of the molecule is C[Si](C)(C)c1ccc(C23CC4CC(CC(C4)C2CP)C3)c(CP(c2ccccn2)c2ccccn2)c1. The number of hydrogen-bond acceptors (Lipinski definition) is 2. The molecule has 4 fully saturated rings. The summed E-state index contributed by atoms with van der Waals surface area (Å²) in [5.74, 6) is 3.61. The largest absolute Gasteiger partial charge is 0.256 e.